The van der Waals surface area contributed by atoms with Crippen LogP contribution >= 0.6 is 0 Å². The highest BCUT2D eigenvalue weighted by Crippen LogP contribution is 2.34. The van der Waals surface area contributed by atoms with Gasteiger partial charge in [-0.1, -0.05) is 19.9 Å². The van der Waals surface area contributed by atoms with Crippen molar-refractivity contribution < 1.29 is 14.3 Å². The number of benzene rings is 1. The van der Waals surface area contributed by atoms with Crippen molar-refractivity contribution in [2.24, 2.45) is 0 Å². The molecule has 1 aromatic rings. The molecule has 21 heavy (non-hydrogen) atoms. The molecule has 0 spiro atoms. The van der Waals surface area contributed by atoms with Crippen LogP contribution in [0, 0.1) is 0 Å². The lowest BCUT2D eigenvalue weighted by molar-refractivity contribution is -0.121. The second-order valence-electron chi connectivity index (χ2n) is 5.61. The van der Waals surface area contributed by atoms with Gasteiger partial charge >= 0.3 is 0 Å². The molecule has 1 heterocycles. The number of hydrogen-bond donors (Lipinski definition) is 2. The zero-order valence-corrected chi connectivity index (χ0v) is 12.9. The molecule has 1 aliphatic heterocycles. The van der Waals surface area contributed by atoms with Gasteiger partial charge in [0.2, 0.25) is 12.7 Å². The second kappa shape index (κ2) is 7.31. The number of nitrogens with one attached hydrogen (secondary N) is 2. The minimum atomic E-state index is -0.0370. The second-order valence-corrected chi connectivity index (χ2v) is 5.61. The number of hydrogen-bond acceptors (Lipinski definition) is 4. The molecule has 1 aliphatic rings. The maximum absolute atomic E-state index is 11.9. The molecule has 5 heteroatoms. The normalized spacial score (nSPS) is 14.3. The van der Waals surface area contributed by atoms with Gasteiger partial charge in [-0.2, -0.15) is 0 Å². The van der Waals surface area contributed by atoms with E-state index in [1.165, 1.54) is 0 Å². The molecule has 2 N–H and O–H groups in total. The van der Waals surface area contributed by atoms with Crippen LogP contribution in [0.2, 0.25) is 0 Å². The van der Waals surface area contributed by atoms with Crippen LogP contribution in [0.3, 0.4) is 0 Å². The first kappa shape index (κ1) is 15.6. The van der Waals surface area contributed by atoms with Crippen LogP contribution in [0.4, 0.5) is 0 Å². The summed E-state index contributed by atoms with van der Waals surface area (Å²) < 4.78 is 10.6. The molecular formula is C16H24N2O3. The Hall–Kier alpha value is -1.75. The zero-order chi connectivity index (χ0) is 15.2. The monoisotopic (exact) mass is 292 g/mol. The van der Waals surface area contributed by atoms with Crippen LogP contribution in [0.1, 0.15) is 45.2 Å². The zero-order valence-electron chi connectivity index (χ0n) is 12.9. The molecule has 116 valence electrons. The number of carbonyl (C=O) groups excluding carboxylic acids is 1. The first-order valence-corrected chi connectivity index (χ1v) is 7.48. The van der Waals surface area contributed by atoms with E-state index >= 15 is 0 Å². The van der Waals surface area contributed by atoms with Gasteiger partial charge in [-0.15, -0.1) is 0 Å². The smallest absolute Gasteiger partial charge is 0.231 e. The standard InChI is InChI=1S/C16H24N2O3/c1-11(2)17-8-4-5-16(19)18-12(3)13-6-7-14-15(9-13)21-10-20-14/h6-7,9,11-12,17H,4-5,8,10H2,1-3H3,(H,18,19). The average Bonchev–Trinajstić information content (AvgIpc) is 2.90. The first-order chi connectivity index (χ1) is 10.1. The highest BCUT2D eigenvalue weighted by atomic mass is 16.7. The Bertz CT molecular complexity index is 488. The van der Waals surface area contributed by atoms with E-state index in [1.54, 1.807) is 0 Å². The molecule has 0 fully saturated rings. The van der Waals surface area contributed by atoms with Crippen LogP contribution in [-0.2, 0) is 4.79 Å². The lowest BCUT2D eigenvalue weighted by atomic mass is 10.1. The van der Waals surface area contributed by atoms with E-state index in [4.69, 9.17) is 9.47 Å². The molecule has 1 unspecified atom stereocenters. The van der Waals surface area contributed by atoms with Gasteiger partial charge in [0.1, 0.15) is 0 Å². The maximum Gasteiger partial charge on any atom is 0.231 e. The van der Waals surface area contributed by atoms with E-state index in [1.807, 2.05) is 25.1 Å². The summed E-state index contributed by atoms with van der Waals surface area (Å²) in [6.45, 7) is 7.30. The maximum atomic E-state index is 11.9. The molecule has 0 saturated heterocycles. The van der Waals surface area contributed by atoms with Crippen molar-refractivity contribution in [1.29, 1.82) is 0 Å². The minimum Gasteiger partial charge on any atom is -0.454 e. The van der Waals surface area contributed by atoms with Gasteiger partial charge in [-0.3, -0.25) is 4.79 Å². The fourth-order valence-electron chi connectivity index (χ4n) is 2.22. The van der Waals surface area contributed by atoms with Crippen LogP contribution in [0.15, 0.2) is 18.2 Å². The lowest BCUT2D eigenvalue weighted by Crippen LogP contribution is -2.28. The van der Waals surface area contributed by atoms with Crippen molar-refractivity contribution >= 4 is 5.91 Å². The molecule has 0 aromatic heterocycles. The predicted octanol–water partition coefficient (Wildman–Crippen LogP) is 2.37. The molecule has 5 nitrogen and oxygen atoms in total. The molecule has 0 saturated carbocycles. The van der Waals surface area contributed by atoms with Gasteiger partial charge < -0.3 is 20.1 Å². The molecule has 0 radical (unpaired) electrons. The Morgan fingerprint density at radius 2 is 2.00 bits per heavy atom. The highest BCUT2D eigenvalue weighted by Gasteiger charge is 2.16. The third-order valence-corrected chi connectivity index (χ3v) is 3.41. The van der Waals surface area contributed by atoms with E-state index in [9.17, 15) is 4.79 Å². The van der Waals surface area contributed by atoms with Crippen molar-refractivity contribution in [3.8, 4) is 11.5 Å². The highest BCUT2D eigenvalue weighted by molar-refractivity contribution is 5.76. The average molecular weight is 292 g/mol. The largest absolute Gasteiger partial charge is 0.454 e. The van der Waals surface area contributed by atoms with Crippen LogP contribution in [-0.4, -0.2) is 25.3 Å². The van der Waals surface area contributed by atoms with E-state index < -0.39 is 0 Å². The van der Waals surface area contributed by atoms with Gasteiger partial charge in [0.05, 0.1) is 6.04 Å². The summed E-state index contributed by atoms with van der Waals surface area (Å²) in [4.78, 5) is 11.9. The number of amides is 1. The fraction of sp³-hybridized carbons (Fsp3) is 0.562. The summed E-state index contributed by atoms with van der Waals surface area (Å²) in [5.74, 6) is 1.58. The molecule has 1 atom stereocenters. The summed E-state index contributed by atoms with van der Waals surface area (Å²) in [6.07, 6.45) is 1.38. The SMILES string of the molecule is CC(C)NCCCC(=O)NC(C)c1ccc2c(c1)OCO2. The fourth-order valence-corrected chi connectivity index (χ4v) is 2.22. The van der Waals surface area contributed by atoms with Gasteiger partial charge in [-0.25, -0.2) is 0 Å². The van der Waals surface area contributed by atoms with E-state index in [0.717, 1.165) is 30.0 Å². The van der Waals surface area contributed by atoms with Gasteiger partial charge in [0.25, 0.3) is 0 Å². The number of fused-ring (bicyclic) bond motifs is 1. The van der Waals surface area contributed by atoms with E-state index in [2.05, 4.69) is 24.5 Å². The number of ether oxygens (including phenoxy) is 2. The van der Waals surface area contributed by atoms with Crippen LogP contribution < -0.4 is 20.1 Å². The third kappa shape index (κ3) is 4.63. The number of carbonyl (C=O) groups is 1. The molecule has 1 amide bonds. The van der Waals surface area contributed by atoms with Crippen molar-refractivity contribution in [1.82, 2.24) is 10.6 Å². The Balaban J connectivity index is 1.78. The van der Waals surface area contributed by atoms with Gasteiger partial charge in [-0.05, 0) is 37.6 Å². The van der Waals surface area contributed by atoms with Gasteiger partial charge in [0.15, 0.2) is 11.5 Å². The lowest BCUT2D eigenvalue weighted by Gasteiger charge is -2.15. The minimum absolute atomic E-state index is 0.0370. The van der Waals surface area contributed by atoms with Crippen molar-refractivity contribution in [2.75, 3.05) is 13.3 Å². The Kier molecular flexibility index (Phi) is 5.44. The molecule has 0 aliphatic carbocycles. The molecule has 2 rings (SSSR count). The molecular weight excluding hydrogens is 268 g/mol. The van der Waals surface area contributed by atoms with Crippen molar-refractivity contribution in [2.45, 2.75) is 45.7 Å². The summed E-state index contributed by atoms with van der Waals surface area (Å²) in [7, 11) is 0. The number of rotatable bonds is 7. The van der Waals surface area contributed by atoms with Crippen LogP contribution in [0.25, 0.3) is 0 Å². The third-order valence-electron chi connectivity index (χ3n) is 3.41. The van der Waals surface area contributed by atoms with Crippen LogP contribution in [0.5, 0.6) is 11.5 Å². The molecule has 1 aromatic carbocycles. The first-order valence-electron chi connectivity index (χ1n) is 7.48. The summed E-state index contributed by atoms with van der Waals surface area (Å²) in [5.41, 5.74) is 1.02. The Morgan fingerprint density at radius 1 is 1.24 bits per heavy atom. The topological polar surface area (TPSA) is 59.6 Å². The summed E-state index contributed by atoms with van der Waals surface area (Å²) >= 11 is 0. The van der Waals surface area contributed by atoms with Crippen molar-refractivity contribution in [3.05, 3.63) is 23.8 Å². The van der Waals surface area contributed by atoms with E-state index in [0.29, 0.717) is 12.5 Å². The van der Waals surface area contributed by atoms with Crippen molar-refractivity contribution in [3.63, 3.8) is 0 Å². The van der Waals surface area contributed by atoms with E-state index in [-0.39, 0.29) is 18.7 Å². The summed E-state index contributed by atoms with van der Waals surface area (Å²) in [5, 5.41) is 6.32. The van der Waals surface area contributed by atoms with Gasteiger partial charge in [0, 0.05) is 12.5 Å². The Labute approximate surface area is 126 Å². The Morgan fingerprint density at radius 3 is 2.76 bits per heavy atom. The molecule has 0 bridgehead atoms. The summed E-state index contributed by atoms with van der Waals surface area (Å²) in [6, 6.07) is 6.19. The predicted molar refractivity (Wildman–Crippen MR) is 81.5 cm³/mol. The quantitative estimate of drug-likeness (QED) is 0.758.